The summed E-state index contributed by atoms with van der Waals surface area (Å²) in [6, 6.07) is 13.6. The van der Waals surface area contributed by atoms with Gasteiger partial charge in [0.1, 0.15) is 5.75 Å². The summed E-state index contributed by atoms with van der Waals surface area (Å²) in [6.45, 7) is 3.91. The summed E-state index contributed by atoms with van der Waals surface area (Å²) in [4.78, 5) is 8.92. The molecular weight excluding hydrogens is 288 g/mol. The second kappa shape index (κ2) is 6.44. The summed E-state index contributed by atoms with van der Waals surface area (Å²) in [6.07, 6.45) is 1.70. The molecule has 0 saturated heterocycles. The summed E-state index contributed by atoms with van der Waals surface area (Å²) in [5.74, 6) is 0.788. The van der Waals surface area contributed by atoms with Gasteiger partial charge in [-0.2, -0.15) is 5.10 Å². The summed E-state index contributed by atoms with van der Waals surface area (Å²) in [5, 5.41) is 5.26. The largest absolute Gasteiger partial charge is 0.497 e. The fourth-order valence-corrected chi connectivity index (χ4v) is 2.36. The number of hydrazone groups is 1. The molecule has 0 aliphatic heterocycles. The second-order valence-electron chi connectivity index (χ2n) is 5.27. The Morgan fingerprint density at radius 2 is 1.91 bits per heavy atom. The summed E-state index contributed by atoms with van der Waals surface area (Å²) in [5.41, 5.74) is 7.56. The van der Waals surface area contributed by atoms with E-state index in [-0.39, 0.29) is 0 Å². The Balaban J connectivity index is 1.92. The van der Waals surface area contributed by atoms with Gasteiger partial charge in [0.05, 0.1) is 30.2 Å². The molecule has 0 radical (unpaired) electrons. The maximum absolute atomic E-state index is 5.29. The van der Waals surface area contributed by atoms with Gasteiger partial charge in [0.25, 0.3) is 0 Å². The van der Waals surface area contributed by atoms with Crippen molar-refractivity contribution in [2.45, 2.75) is 13.8 Å². The van der Waals surface area contributed by atoms with Crippen molar-refractivity contribution in [3.63, 3.8) is 0 Å². The molecule has 0 amide bonds. The van der Waals surface area contributed by atoms with Crippen LogP contribution in [0.25, 0.3) is 10.9 Å². The van der Waals surface area contributed by atoms with Crippen LogP contribution in [0.3, 0.4) is 0 Å². The Kier molecular flexibility index (Phi) is 4.19. The van der Waals surface area contributed by atoms with Gasteiger partial charge < -0.3 is 4.74 Å². The molecule has 3 aromatic rings. The van der Waals surface area contributed by atoms with E-state index in [0.29, 0.717) is 0 Å². The SMILES string of the molecule is COc1ccc2nc(C)cc(N/N=C/c3cccc(C)n3)c2c1. The highest BCUT2D eigenvalue weighted by Gasteiger charge is 2.05. The molecule has 1 aromatic carbocycles. The lowest BCUT2D eigenvalue weighted by Crippen LogP contribution is -1.96. The van der Waals surface area contributed by atoms with Gasteiger partial charge in [-0.1, -0.05) is 6.07 Å². The van der Waals surface area contributed by atoms with E-state index in [0.717, 1.165) is 39.4 Å². The van der Waals surface area contributed by atoms with E-state index in [2.05, 4.69) is 20.5 Å². The quantitative estimate of drug-likeness (QED) is 0.590. The molecule has 0 aliphatic rings. The molecule has 0 bridgehead atoms. The topological polar surface area (TPSA) is 59.4 Å². The number of benzene rings is 1. The molecule has 2 aromatic heterocycles. The maximum Gasteiger partial charge on any atom is 0.119 e. The zero-order valence-electron chi connectivity index (χ0n) is 13.4. The number of nitrogens with zero attached hydrogens (tertiary/aromatic N) is 3. The van der Waals surface area contributed by atoms with E-state index in [1.807, 2.05) is 56.3 Å². The average molecular weight is 306 g/mol. The zero-order valence-corrected chi connectivity index (χ0v) is 13.4. The van der Waals surface area contributed by atoms with Crippen LogP contribution >= 0.6 is 0 Å². The summed E-state index contributed by atoms with van der Waals surface area (Å²) < 4.78 is 5.29. The van der Waals surface area contributed by atoms with Crippen molar-refractivity contribution >= 4 is 22.8 Å². The van der Waals surface area contributed by atoms with Crippen LogP contribution in [-0.4, -0.2) is 23.3 Å². The molecule has 116 valence electrons. The van der Waals surface area contributed by atoms with Crippen LogP contribution in [0.4, 0.5) is 5.69 Å². The number of ether oxygens (including phenoxy) is 1. The molecule has 0 aliphatic carbocycles. The van der Waals surface area contributed by atoms with Gasteiger partial charge in [-0.05, 0) is 50.2 Å². The van der Waals surface area contributed by atoms with Crippen molar-refractivity contribution in [3.8, 4) is 5.75 Å². The van der Waals surface area contributed by atoms with Crippen LogP contribution in [-0.2, 0) is 0 Å². The maximum atomic E-state index is 5.29. The molecule has 3 rings (SSSR count). The highest BCUT2D eigenvalue weighted by molar-refractivity contribution is 5.93. The zero-order chi connectivity index (χ0) is 16.2. The van der Waals surface area contributed by atoms with Gasteiger partial charge >= 0.3 is 0 Å². The molecule has 0 fully saturated rings. The minimum atomic E-state index is 0.788. The molecule has 23 heavy (non-hydrogen) atoms. The van der Waals surface area contributed by atoms with Crippen LogP contribution in [0.2, 0.25) is 0 Å². The Hall–Kier alpha value is -2.95. The molecule has 0 spiro atoms. The molecule has 0 saturated carbocycles. The smallest absolute Gasteiger partial charge is 0.119 e. The highest BCUT2D eigenvalue weighted by Crippen LogP contribution is 2.27. The third-order valence-electron chi connectivity index (χ3n) is 3.44. The van der Waals surface area contributed by atoms with Gasteiger partial charge in [-0.15, -0.1) is 0 Å². The standard InChI is InChI=1S/C18H18N4O/c1-12-5-4-6-14(20-12)11-19-22-18-9-13(2)21-17-8-7-15(23-3)10-16(17)18/h4-11H,1-3H3,(H,21,22)/b19-11+. The van der Waals surface area contributed by atoms with Crippen molar-refractivity contribution in [1.29, 1.82) is 0 Å². The number of hydrogen-bond acceptors (Lipinski definition) is 5. The average Bonchev–Trinajstić information content (AvgIpc) is 2.54. The van der Waals surface area contributed by atoms with Crippen LogP contribution < -0.4 is 10.2 Å². The summed E-state index contributed by atoms with van der Waals surface area (Å²) >= 11 is 0. The van der Waals surface area contributed by atoms with Crippen LogP contribution in [0.5, 0.6) is 5.75 Å². The molecule has 0 unspecified atom stereocenters. The number of aromatic nitrogens is 2. The van der Waals surface area contributed by atoms with Gasteiger partial charge in [-0.25, -0.2) is 0 Å². The minimum absolute atomic E-state index is 0.788. The first kappa shape index (κ1) is 15.0. The van der Waals surface area contributed by atoms with E-state index >= 15 is 0 Å². The molecule has 1 N–H and O–H groups in total. The molecule has 5 nitrogen and oxygen atoms in total. The number of pyridine rings is 2. The number of hydrogen-bond donors (Lipinski definition) is 1. The van der Waals surface area contributed by atoms with Crippen molar-refractivity contribution in [1.82, 2.24) is 9.97 Å². The van der Waals surface area contributed by atoms with Crippen molar-refractivity contribution in [2.75, 3.05) is 12.5 Å². The van der Waals surface area contributed by atoms with Gasteiger partial charge in [-0.3, -0.25) is 15.4 Å². The van der Waals surface area contributed by atoms with E-state index in [4.69, 9.17) is 4.74 Å². The summed E-state index contributed by atoms with van der Waals surface area (Å²) in [7, 11) is 1.65. The van der Waals surface area contributed by atoms with E-state index < -0.39 is 0 Å². The van der Waals surface area contributed by atoms with Gasteiger partial charge in [0, 0.05) is 16.8 Å². The third-order valence-corrected chi connectivity index (χ3v) is 3.44. The predicted molar refractivity (Wildman–Crippen MR) is 93.2 cm³/mol. The Labute approximate surface area is 135 Å². The first-order valence-electron chi connectivity index (χ1n) is 7.34. The Morgan fingerprint density at radius 1 is 1.04 bits per heavy atom. The van der Waals surface area contributed by atoms with Crippen LogP contribution in [0.1, 0.15) is 17.1 Å². The third kappa shape index (κ3) is 3.45. The fourth-order valence-electron chi connectivity index (χ4n) is 2.36. The van der Waals surface area contributed by atoms with E-state index in [9.17, 15) is 0 Å². The van der Waals surface area contributed by atoms with E-state index in [1.54, 1.807) is 13.3 Å². The molecule has 2 heterocycles. The fraction of sp³-hybridized carbons (Fsp3) is 0.167. The lowest BCUT2D eigenvalue weighted by Gasteiger charge is -2.08. The first-order chi connectivity index (χ1) is 11.2. The van der Waals surface area contributed by atoms with Crippen molar-refractivity contribution in [2.24, 2.45) is 5.10 Å². The molecule has 0 atom stereocenters. The Bertz CT molecular complexity index is 874. The second-order valence-corrected chi connectivity index (χ2v) is 5.27. The van der Waals surface area contributed by atoms with Gasteiger partial charge in [0.2, 0.25) is 0 Å². The number of methoxy groups -OCH3 is 1. The van der Waals surface area contributed by atoms with Crippen LogP contribution in [0.15, 0.2) is 47.6 Å². The van der Waals surface area contributed by atoms with Crippen molar-refractivity contribution in [3.05, 3.63) is 59.5 Å². The lowest BCUT2D eigenvalue weighted by molar-refractivity contribution is 0.415. The van der Waals surface area contributed by atoms with Crippen molar-refractivity contribution < 1.29 is 4.74 Å². The number of nitrogens with one attached hydrogen (secondary N) is 1. The molecule has 5 heteroatoms. The normalized spacial score (nSPS) is 11.1. The number of rotatable bonds is 4. The van der Waals surface area contributed by atoms with Gasteiger partial charge in [0.15, 0.2) is 0 Å². The monoisotopic (exact) mass is 306 g/mol. The van der Waals surface area contributed by atoms with E-state index in [1.165, 1.54) is 0 Å². The Morgan fingerprint density at radius 3 is 2.70 bits per heavy atom. The number of aryl methyl sites for hydroxylation is 2. The number of fused-ring (bicyclic) bond motifs is 1. The lowest BCUT2D eigenvalue weighted by atomic mass is 10.1. The highest BCUT2D eigenvalue weighted by atomic mass is 16.5. The van der Waals surface area contributed by atoms with Crippen LogP contribution in [0, 0.1) is 13.8 Å². The number of anilines is 1. The first-order valence-corrected chi connectivity index (χ1v) is 7.34. The molecular formula is C18H18N4O. The predicted octanol–water partition coefficient (Wildman–Crippen LogP) is 3.70. The minimum Gasteiger partial charge on any atom is -0.497 e.